The van der Waals surface area contributed by atoms with Crippen molar-refractivity contribution >= 4 is 16.7 Å². The largest absolute Gasteiger partial charge is 0.495 e. The molecule has 164 valence electrons. The molecule has 0 unspecified atom stereocenters. The topological polar surface area (TPSA) is 44.4 Å². The molecule has 3 aromatic carbocycles. The molecular weight excluding hydrogens is 396 g/mol. The Hall–Kier alpha value is -3.31. The number of aromatic nitrogens is 2. The number of imidazole rings is 1. The zero-order valence-electron chi connectivity index (χ0n) is 18.6. The summed E-state index contributed by atoms with van der Waals surface area (Å²) < 4.78 is 5.54. The SMILES string of the molecule is COc1ccccc1N1CCN(CCc2ccc3nc(Cc4ccccc4)[nH]c3c2)CC1. The maximum atomic E-state index is 5.54. The summed E-state index contributed by atoms with van der Waals surface area (Å²) in [7, 11) is 1.75. The number of methoxy groups -OCH3 is 1. The zero-order chi connectivity index (χ0) is 21.8. The molecule has 0 spiro atoms. The Morgan fingerprint density at radius 2 is 1.66 bits per heavy atom. The lowest BCUT2D eigenvalue weighted by Gasteiger charge is -2.36. The molecule has 1 saturated heterocycles. The van der Waals surface area contributed by atoms with E-state index >= 15 is 0 Å². The third-order valence-corrected chi connectivity index (χ3v) is 6.32. The summed E-state index contributed by atoms with van der Waals surface area (Å²) >= 11 is 0. The molecule has 5 heteroatoms. The van der Waals surface area contributed by atoms with Gasteiger partial charge in [0.2, 0.25) is 0 Å². The lowest BCUT2D eigenvalue weighted by Crippen LogP contribution is -2.47. The number of nitrogens with zero attached hydrogens (tertiary/aromatic N) is 3. The Kier molecular flexibility index (Phi) is 6.08. The molecule has 1 aliphatic rings. The Balaban J connectivity index is 1.17. The van der Waals surface area contributed by atoms with Crippen molar-refractivity contribution in [3.8, 4) is 5.75 Å². The van der Waals surface area contributed by atoms with Gasteiger partial charge in [-0.1, -0.05) is 48.5 Å². The quantitative estimate of drug-likeness (QED) is 0.472. The molecule has 5 nitrogen and oxygen atoms in total. The van der Waals surface area contributed by atoms with Gasteiger partial charge in [0.25, 0.3) is 0 Å². The number of aromatic amines is 1. The minimum atomic E-state index is 0.835. The summed E-state index contributed by atoms with van der Waals surface area (Å²) in [6, 6.07) is 25.4. The van der Waals surface area contributed by atoms with Crippen molar-refractivity contribution in [3.05, 3.63) is 89.7 Å². The standard InChI is InChI=1S/C27H30N4O/c1-32-26-10-6-5-9-25(26)31-17-15-30(16-18-31)14-13-22-11-12-23-24(19-22)29-27(28-23)20-21-7-3-2-4-8-21/h2-12,19H,13-18,20H2,1H3,(H,28,29). The number of benzene rings is 3. The smallest absolute Gasteiger partial charge is 0.142 e. The van der Waals surface area contributed by atoms with E-state index in [1.54, 1.807) is 7.11 Å². The summed E-state index contributed by atoms with van der Waals surface area (Å²) in [6.07, 6.45) is 1.89. The third kappa shape index (κ3) is 4.63. The minimum Gasteiger partial charge on any atom is -0.495 e. The highest BCUT2D eigenvalue weighted by Crippen LogP contribution is 2.28. The van der Waals surface area contributed by atoms with Crippen molar-refractivity contribution in [2.45, 2.75) is 12.8 Å². The van der Waals surface area contributed by atoms with Crippen molar-refractivity contribution in [3.63, 3.8) is 0 Å². The fraction of sp³-hybridized carbons (Fsp3) is 0.296. The van der Waals surface area contributed by atoms with Crippen LogP contribution in [0.25, 0.3) is 11.0 Å². The van der Waals surface area contributed by atoms with E-state index in [1.807, 2.05) is 18.2 Å². The first-order chi connectivity index (χ1) is 15.8. The van der Waals surface area contributed by atoms with Gasteiger partial charge >= 0.3 is 0 Å². The second-order valence-corrected chi connectivity index (χ2v) is 8.45. The number of hydrogen-bond acceptors (Lipinski definition) is 4. The average Bonchev–Trinajstić information content (AvgIpc) is 3.25. The molecule has 1 fully saturated rings. The fourth-order valence-electron chi connectivity index (χ4n) is 4.53. The fourth-order valence-corrected chi connectivity index (χ4v) is 4.53. The maximum Gasteiger partial charge on any atom is 0.142 e. The van der Waals surface area contributed by atoms with Gasteiger partial charge in [0, 0.05) is 39.1 Å². The summed E-state index contributed by atoms with van der Waals surface area (Å²) in [5, 5.41) is 0. The van der Waals surface area contributed by atoms with Crippen LogP contribution in [0.5, 0.6) is 5.75 Å². The Labute approximate surface area is 189 Å². The number of ether oxygens (including phenoxy) is 1. The molecule has 2 heterocycles. The summed E-state index contributed by atoms with van der Waals surface area (Å²) in [5.41, 5.74) is 6.02. The van der Waals surface area contributed by atoms with Crippen LogP contribution >= 0.6 is 0 Å². The van der Waals surface area contributed by atoms with Crippen molar-refractivity contribution in [2.75, 3.05) is 44.7 Å². The van der Waals surface area contributed by atoms with E-state index in [-0.39, 0.29) is 0 Å². The van der Waals surface area contributed by atoms with Crippen LogP contribution in [-0.2, 0) is 12.8 Å². The van der Waals surface area contributed by atoms with Crippen LogP contribution in [0.15, 0.2) is 72.8 Å². The number of rotatable bonds is 7. The summed E-state index contributed by atoms with van der Waals surface area (Å²) in [4.78, 5) is 13.3. The van der Waals surface area contributed by atoms with Crippen LogP contribution in [0.2, 0.25) is 0 Å². The molecule has 0 amide bonds. The van der Waals surface area contributed by atoms with Crippen LogP contribution in [0.4, 0.5) is 5.69 Å². The lowest BCUT2D eigenvalue weighted by molar-refractivity contribution is 0.260. The highest BCUT2D eigenvalue weighted by atomic mass is 16.5. The number of H-pyrrole nitrogens is 1. The van der Waals surface area contributed by atoms with Crippen LogP contribution in [-0.4, -0.2) is 54.7 Å². The van der Waals surface area contributed by atoms with Gasteiger partial charge in [0.05, 0.1) is 23.8 Å². The van der Waals surface area contributed by atoms with Gasteiger partial charge in [-0.2, -0.15) is 0 Å². The normalized spacial score (nSPS) is 14.7. The number of hydrogen-bond donors (Lipinski definition) is 1. The predicted octanol–water partition coefficient (Wildman–Crippen LogP) is 4.53. The van der Waals surface area contributed by atoms with E-state index in [4.69, 9.17) is 9.72 Å². The second kappa shape index (κ2) is 9.45. The number of anilines is 1. The monoisotopic (exact) mass is 426 g/mol. The molecule has 1 aliphatic heterocycles. The number of fused-ring (bicyclic) bond motifs is 1. The molecular formula is C27H30N4O. The molecule has 0 aliphatic carbocycles. The predicted molar refractivity (Wildman–Crippen MR) is 131 cm³/mol. The van der Waals surface area contributed by atoms with Gasteiger partial charge in [-0.25, -0.2) is 4.98 Å². The zero-order valence-corrected chi connectivity index (χ0v) is 18.6. The third-order valence-electron chi connectivity index (χ3n) is 6.32. The second-order valence-electron chi connectivity index (χ2n) is 8.45. The van der Waals surface area contributed by atoms with Gasteiger partial charge < -0.3 is 14.6 Å². The van der Waals surface area contributed by atoms with Gasteiger partial charge in [0.1, 0.15) is 11.6 Å². The van der Waals surface area contributed by atoms with Crippen LogP contribution < -0.4 is 9.64 Å². The Morgan fingerprint density at radius 1 is 0.875 bits per heavy atom. The van der Waals surface area contributed by atoms with Crippen molar-refractivity contribution in [1.29, 1.82) is 0 Å². The minimum absolute atomic E-state index is 0.835. The van der Waals surface area contributed by atoms with E-state index in [0.29, 0.717) is 0 Å². The van der Waals surface area contributed by atoms with Gasteiger partial charge in [-0.3, -0.25) is 4.90 Å². The number of nitrogens with one attached hydrogen (secondary N) is 1. The van der Waals surface area contributed by atoms with Crippen LogP contribution in [0.1, 0.15) is 17.0 Å². The first-order valence-electron chi connectivity index (χ1n) is 11.4. The highest BCUT2D eigenvalue weighted by molar-refractivity contribution is 5.76. The van der Waals surface area contributed by atoms with Crippen LogP contribution in [0.3, 0.4) is 0 Å². The molecule has 0 radical (unpaired) electrons. The summed E-state index contributed by atoms with van der Waals surface area (Å²) in [5.74, 6) is 1.98. The first-order valence-corrected chi connectivity index (χ1v) is 11.4. The van der Waals surface area contributed by atoms with Crippen molar-refractivity contribution in [2.24, 2.45) is 0 Å². The molecule has 0 bridgehead atoms. The van der Waals surface area contributed by atoms with E-state index in [0.717, 1.165) is 68.2 Å². The van der Waals surface area contributed by atoms with Crippen molar-refractivity contribution < 1.29 is 4.74 Å². The van der Waals surface area contributed by atoms with E-state index in [1.165, 1.54) is 16.8 Å². The number of para-hydroxylation sites is 2. The molecule has 0 atom stereocenters. The average molecular weight is 427 g/mol. The molecule has 32 heavy (non-hydrogen) atoms. The van der Waals surface area contributed by atoms with Gasteiger partial charge in [0.15, 0.2) is 0 Å². The van der Waals surface area contributed by atoms with E-state index in [9.17, 15) is 0 Å². The van der Waals surface area contributed by atoms with Crippen LogP contribution in [0, 0.1) is 0 Å². The number of piperazine rings is 1. The Morgan fingerprint density at radius 3 is 2.47 bits per heavy atom. The maximum absolute atomic E-state index is 5.54. The summed E-state index contributed by atoms with van der Waals surface area (Å²) in [6.45, 7) is 5.29. The molecule has 1 aromatic heterocycles. The van der Waals surface area contributed by atoms with Gasteiger partial charge in [-0.15, -0.1) is 0 Å². The van der Waals surface area contributed by atoms with E-state index in [2.05, 4.69) is 69.4 Å². The highest BCUT2D eigenvalue weighted by Gasteiger charge is 2.19. The molecule has 0 saturated carbocycles. The van der Waals surface area contributed by atoms with Gasteiger partial charge in [-0.05, 0) is 41.8 Å². The van der Waals surface area contributed by atoms with E-state index < -0.39 is 0 Å². The first kappa shape index (κ1) is 20.6. The molecule has 5 rings (SSSR count). The Bertz CT molecular complexity index is 1160. The molecule has 1 N–H and O–H groups in total. The lowest BCUT2D eigenvalue weighted by atomic mass is 10.1. The van der Waals surface area contributed by atoms with Crippen molar-refractivity contribution in [1.82, 2.24) is 14.9 Å². The molecule has 4 aromatic rings.